The molecule has 2 aromatic carbocycles. The summed E-state index contributed by atoms with van der Waals surface area (Å²) < 4.78 is 8.22. The second-order valence-electron chi connectivity index (χ2n) is 8.47. The monoisotopic (exact) mass is 456 g/mol. The molecule has 0 spiro atoms. The SMILES string of the molecule is CCC(C)c1ccc(OCCCn2c(CCNC(=O)c3ccccn3)nc3ccccc32)cc1. The van der Waals surface area contributed by atoms with Crippen LogP contribution < -0.4 is 10.1 Å². The van der Waals surface area contributed by atoms with Crippen molar-refractivity contribution in [2.24, 2.45) is 0 Å². The highest BCUT2D eigenvalue weighted by molar-refractivity contribution is 5.92. The molecule has 1 unspecified atom stereocenters. The maximum atomic E-state index is 12.3. The van der Waals surface area contributed by atoms with Gasteiger partial charge in [0.2, 0.25) is 0 Å². The molecular weight excluding hydrogens is 424 g/mol. The van der Waals surface area contributed by atoms with Crippen LogP contribution in [-0.2, 0) is 13.0 Å². The Kier molecular flexibility index (Phi) is 7.91. The number of hydrogen-bond acceptors (Lipinski definition) is 4. The van der Waals surface area contributed by atoms with Gasteiger partial charge in [-0.1, -0.05) is 44.2 Å². The predicted molar refractivity (Wildman–Crippen MR) is 135 cm³/mol. The molecule has 6 heteroatoms. The Bertz CT molecular complexity index is 1200. The number of amides is 1. The third-order valence-corrected chi connectivity index (χ3v) is 6.12. The number of aromatic nitrogens is 3. The number of hydrogen-bond donors (Lipinski definition) is 1. The third kappa shape index (κ3) is 5.81. The van der Waals surface area contributed by atoms with Gasteiger partial charge in [0.1, 0.15) is 17.3 Å². The molecular formula is C28H32N4O2. The number of aryl methyl sites for hydroxylation is 1. The van der Waals surface area contributed by atoms with Crippen molar-refractivity contribution in [3.05, 3.63) is 90.0 Å². The molecule has 4 aromatic rings. The highest BCUT2D eigenvalue weighted by atomic mass is 16.5. The van der Waals surface area contributed by atoms with Gasteiger partial charge >= 0.3 is 0 Å². The van der Waals surface area contributed by atoms with E-state index in [1.807, 2.05) is 24.3 Å². The first-order valence-corrected chi connectivity index (χ1v) is 12.0. The van der Waals surface area contributed by atoms with Gasteiger partial charge in [0, 0.05) is 25.7 Å². The molecule has 1 N–H and O–H groups in total. The van der Waals surface area contributed by atoms with E-state index in [4.69, 9.17) is 9.72 Å². The molecule has 6 nitrogen and oxygen atoms in total. The molecule has 0 aliphatic carbocycles. The van der Waals surface area contributed by atoms with E-state index < -0.39 is 0 Å². The van der Waals surface area contributed by atoms with Gasteiger partial charge in [0.25, 0.3) is 5.91 Å². The molecule has 2 heterocycles. The highest BCUT2D eigenvalue weighted by Gasteiger charge is 2.12. The van der Waals surface area contributed by atoms with E-state index in [-0.39, 0.29) is 5.91 Å². The predicted octanol–water partition coefficient (Wildman–Crippen LogP) is 5.39. The van der Waals surface area contributed by atoms with Crippen LogP contribution in [0.4, 0.5) is 0 Å². The van der Waals surface area contributed by atoms with Gasteiger partial charge in [-0.15, -0.1) is 0 Å². The Hall–Kier alpha value is -3.67. The second kappa shape index (κ2) is 11.5. The summed E-state index contributed by atoms with van der Waals surface area (Å²) in [4.78, 5) is 21.2. The highest BCUT2D eigenvalue weighted by Crippen LogP contribution is 2.22. The number of imidazole rings is 1. The van der Waals surface area contributed by atoms with Crippen LogP contribution in [0.15, 0.2) is 72.9 Å². The quantitative estimate of drug-likeness (QED) is 0.307. The van der Waals surface area contributed by atoms with Crippen molar-refractivity contribution in [1.82, 2.24) is 19.9 Å². The topological polar surface area (TPSA) is 69.0 Å². The fourth-order valence-corrected chi connectivity index (χ4v) is 3.98. The Morgan fingerprint density at radius 1 is 1.06 bits per heavy atom. The lowest BCUT2D eigenvalue weighted by molar-refractivity contribution is 0.0949. The number of nitrogens with one attached hydrogen (secondary N) is 1. The fourth-order valence-electron chi connectivity index (χ4n) is 3.98. The summed E-state index contributed by atoms with van der Waals surface area (Å²) in [6, 6.07) is 21.9. The van der Waals surface area contributed by atoms with Gasteiger partial charge in [0.15, 0.2) is 0 Å². The lowest BCUT2D eigenvalue weighted by atomic mass is 9.99. The van der Waals surface area contributed by atoms with Crippen LogP contribution in [0.2, 0.25) is 0 Å². The molecule has 0 bridgehead atoms. The minimum atomic E-state index is -0.170. The summed E-state index contributed by atoms with van der Waals surface area (Å²) in [5.74, 6) is 2.26. The number of nitrogens with zero attached hydrogens (tertiary/aromatic N) is 3. The molecule has 1 atom stereocenters. The van der Waals surface area contributed by atoms with Crippen LogP contribution >= 0.6 is 0 Å². The minimum Gasteiger partial charge on any atom is -0.494 e. The Balaban J connectivity index is 1.34. The van der Waals surface area contributed by atoms with Crippen LogP contribution in [0.5, 0.6) is 5.75 Å². The van der Waals surface area contributed by atoms with Crippen molar-refractivity contribution in [3.63, 3.8) is 0 Å². The summed E-state index contributed by atoms with van der Waals surface area (Å²) in [7, 11) is 0. The van der Waals surface area contributed by atoms with Crippen molar-refractivity contribution in [2.75, 3.05) is 13.2 Å². The van der Waals surface area contributed by atoms with E-state index in [1.165, 1.54) is 5.56 Å². The van der Waals surface area contributed by atoms with E-state index in [0.717, 1.165) is 42.0 Å². The Morgan fingerprint density at radius 2 is 1.85 bits per heavy atom. The second-order valence-corrected chi connectivity index (χ2v) is 8.47. The average molecular weight is 457 g/mol. The molecule has 0 saturated heterocycles. The number of carbonyl (C=O) groups is 1. The van der Waals surface area contributed by atoms with Crippen molar-refractivity contribution < 1.29 is 9.53 Å². The van der Waals surface area contributed by atoms with Gasteiger partial charge in [0.05, 0.1) is 17.6 Å². The first kappa shape index (κ1) is 23.5. The van der Waals surface area contributed by atoms with Gasteiger partial charge in [-0.2, -0.15) is 0 Å². The summed E-state index contributed by atoms with van der Waals surface area (Å²) in [5, 5.41) is 2.94. The lowest BCUT2D eigenvalue weighted by Gasteiger charge is -2.12. The molecule has 1 amide bonds. The lowest BCUT2D eigenvalue weighted by Crippen LogP contribution is -2.27. The third-order valence-electron chi connectivity index (χ3n) is 6.12. The molecule has 4 rings (SSSR count). The number of ether oxygens (including phenoxy) is 1. The van der Waals surface area contributed by atoms with Crippen molar-refractivity contribution in [1.29, 1.82) is 0 Å². The van der Waals surface area contributed by atoms with E-state index in [0.29, 0.717) is 31.2 Å². The molecule has 0 radical (unpaired) electrons. The van der Waals surface area contributed by atoms with Crippen molar-refractivity contribution >= 4 is 16.9 Å². The molecule has 0 aliphatic heterocycles. The molecule has 0 fully saturated rings. The number of rotatable bonds is 11. The van der Waals surface area contributed by atoms with Crippen molar-refractivity contribution in [3.8, 4) is 5.75 Å². The van der Waals surface area contributed by atoms with E-state index in [9.17, 15) is 4.79 Å². The van der Waals surface area contributed by atoms with E-state index >= 15 is 0 Å². The number of benzene rings is 2. The number of fused-ring (bicyclic) bond motifs is 1. The molecule has 34 heavy (non-hydrogen) atoms. The molecule has 2 aromatic heterocycles. The number of carbonyl (C=O) groups excluding carboxylic acids is 1. The van der Waals surface area contributed by atoms with E-state index in [1.54, 1.807) is 18.3 Å². The summed E-state index contributed by atoms with van der Waals surface area (Å²) in [5.41, 5.74) is 3.84. The Morgan fingerprint density at radius 3 is 2.62 bits per heavy atom. The molecule has 0 saturated carbocycles. The largest absolute Gasteiger partial charge is 0.494 e. The summed E-state index contributed by atoms with van der Waals surface area (Å²) in [6.07, 6.45) is 4.26. The number of para-hydroxylation sites is 2. The van der Waals surface area contributed by atoms with Gasteiger partial charge in [-0.25, -0.2) is 4.98 Å². The number of pyridine rings is 1. The van der Waals surface area contributed by atoms with Gasteiger partial charge < -0.3 is 14.6 Å². The minimum absolute atomic E-state index is 0.170. The van der Waals surface area contributed by atoms with Crippen LogP contribution in [0.3, 0.4) is 0 Å². The van der Waals surface area contributed by atoms with Crippen LogP contribution in [0.25, 0.3) is 11.0 Å². The zero-order chi connectivity index (χ0) is 23.8. The summed E-state index contributed by atoms with van der Waals surface area (Å²) in [6.45, 7) is 6.38. The van der Waals surface area contributed by atoms with Crippen LogP contribution in [-0.4, -0.2) is 33.6 Å². The maximum absolute atomic E-state index is 12.3. The van der Waals surface area contributed by atoms with Crippen molar-refractivity contribution in [2.45, 2.75) is 45.6 Å². The zero-order valence-electron chi connectivity index (χ0n) is 19.9. The Labute approximate surface area is 201 Å². The van der Waals surface area contributed by atoms with E-state index in [2.05, 4.69) is 59.0 Å². The standard InChI is InChI=1S/C28H32N4O2/c1-3-21(2)22-12-14-23(15-13-22)34-20-8-19-32-26-11-5-4-9-24(26)31-27(32)16-18-30-28(33)25-10-6-7-17-29-25/h4-7,9-15,17,21H,3,8,16,18-20H2,1-2H3,(H,30,33). The van der Waals surface area contributed by atoms with Gasteiger partial charge in [-0.3, -0.25) is 9.78 Å². The van der Waals surface area contributed by atoms with Crippen LogP contribution in [0, 0.1) is 0 Å². The smallest absolute Gasteiger partial charge is 0.269 e. The summed E-state index contributed by atoms with van der Waals surface area (Å²) >= 11 is 0. The zero-order valence-corrected chi connectivity index (χ0v) is 19.9. The van der Waals surface area contributed by atoms with Crippen LogP contribution in [0.1, 0.15) is 54.5 Å². The molecule has 176 valence electrons. The fraction of sp³-hybridized carbons (Fsp3) is 0.321. The normalized spacial score (nSPS) is 11.9. The molecule has 0 aliphatic rings. The first-order valence-electron chi connectivity index (χ1n) is 12.0. The van der Waals surface area contributed by atoms with Gasteiger partial charge in [-0.05, 0) is 60.7 Å². The average Bonchev–Trinajstić information content (AvgIpc) is 3.24. The maximum Gasteiger partial charge on any atom is 0.269 e. The first-order chi connectivity index (χ1) is 16.7.